The van der Waals surface area contributed by atoms with Gasteiger partial charge in [0.1, 0.15) is 5.60 Å². The number of hydrogen-bond donors (Lipinski definition) is 1. The Morgan fingerprint density at radius 2 is 1.74 bits per heavy atom. The van der Waals surface area contributed by atoms with Crippen molar-refractivity contribution in [2.24, 2.45) is 17.3 Å². The van der Waals surface area contributed by atoms with Crippen LogP contribution in [0.25, 0.3) is 5.69 Å². The molecule has 0 radical (unpaired) electrons. The molecule has 1 aromatic heterocycles. The fourth-order valence-corrected chi connectivity index (χ4v) is 6.62. The Morgan fingerprint density at radius 3 is 2.43 bits per heavy atom. The molecule has 2 aliphatic carbocycles. The van der Waals surface area contributed by atoms with Crippen LogP contribution in [0.5, 0.6) is 0 Å². The number of hydrogen-bond acceptors (Lipinski definition) is 5. The van der Waals surface area contributed by atoms with Crippen LogP contribution in [0.3, 0.4) is 0 Å². The van der Waals surface area contributed by atoms with E-state index in [0.29, 0.717) is 13.1 Å². The first-order valence-electron chi connectivity index (χ1n) is 12.9. The van der Waals surface area contributed by atoms with E-state index in [9.17, 15) is 14.4 Å². The smallest absolute Gasteiger partial charge is 0.307 e. The molecule has 4 aliphatic rings. The molecule has 8 heteroatoms. The monoisotopic (exact) mass is 476 g/mol. The highest BCUT2D eigenvalue weighted by Gasteiger charge is 2.60. The van der Waals surface area contributed by atoms with E-state index in [1.807, 2.05) is 41.4 Å². The number of piperidine rings is 1. The Balaban J connectivity index is 1.04. The van der Waals surface area contributed by atoms with Crippen LogP contribution in [0.15, 0.2) is 42.7 Å². The molecule has 4 fully saturated rings. The highest BCUT2D eigenvalue weighted by atomic mass is 16.6. The Kier molecular flexibility index (Phi) is 5.42. The number of likely N-dealkylation sites (tertiary alicyclic amines) is 1. The average molecular weight is 477 g/mol. The topological polar surface area (TPSA) is 93.5 Å². The summed E-state index contributed by atoms with van der Waals surface area (Å²) in [7, 11) is 0. The van der Waals surface area contributed by atoms with E-state index >= 15 is 0 Å². The summed E-state index contributed by atoms with van der Waals surface area (Å²) in [5, 5.41) is 7.29. The van der Waals surface area contributed by atoms with Gasteiger partial charge in [0.15, 0.2) is 0 Å². The van der Waals surface area contributed by atoms with Gasteiger partial charge < -0.3 is 15.0 Å². The molecule has 8 nitrogen and oxygen atoms in total. The van der Waals surface area contributed by atoms with Crippen LogP contribution >= 0.6 is 0 Å². The van der Waals surface area contributed by atoms with Gasteiger partial charge in [-0.2, -0.15) is 5.10 Å². The molecular formula is C27H32N4O4. The summed E-state index contributed by atoms with van der Waals surface area (Å²) >= 11 is 0. The Hall–Kier alpha value is -3.16. The molecular weight excluding hydrogens is 444 g/mol. The summed E-state index contributed by atoms with van der Waals surface area (Å²) in [5.74, 6) is -0.437. The summed E-state index contributed by atoms with van der Waals surface area (Å²) in [6.07, 6.45) is 11.2. The minimum atomic E-state index is -0.573. The van der Waals surface area contributed by atoms with Gasteiger partial charge in [0.05, 0.1) is 18.0 Å². The third-order valence-corrected chi connectivity index (χ3v) is 8.80. The lowest BCUT2D eigenvalue weighted by Gasteiger charge is -2.40. The molecule has 2 spiro atoms. The predicted octanol–water partition coefficient (Wildman–Crippen LogP) is 3.71. The van der Waals surface area contributed by atoms with E-state index in [4.69, 9.17) is 4.74 Å². The average Bonchev–Trinajstić information content (AvgIpc) is 3.19. The summed E-state index contributed by atoms with van der Waals surface area (Å²) in [5.41, 5.74) is 1.15. The van der Waals surface area contributed by atoms with Crippen LogP contribution in [0.2, 0.25) is 0 Å². The maximum absolute atomic E-state index is 13.4. The Morgan fingerprint density at radius 1 is 1.00 bits per heavy atom. The number of nitrogens with zero attached hydrogens (tertiary/aromatic N) is 3. The zero-order valence-electron chi connectivity index (χ0n) is 19.9. The Bertz CT molecular complexity index is 1110. The number of rotatable bonds is 4. The number of anilines is 1. The van der Waals surface area contributed by atoms with Gasteiger partial charge in [-0.15, -0.1) is 0 Å². The van der Waals surface area contributed by atoms with Crippen molar-refractivity contribution in [1.29, 1.82) is 0 Å². The largest absolute Gasteiger partial charge is 0.458 e. The zero-order valence-corrected chi connectivity index (χ0v) is 19.9. The highest BCUT2D eigenvalue weighted by molar-refractivity contribution is 5.95. The van der Waals surface area contributed by atoms with Crippen LogP contribution < -0.4 is 5.32 Å². The van der Waals surface area contributed by atoms with E-state index < -0.39 is 5.60 Å². The molecule has 2 saturated heterocycles. The first kappa shape index (κ1) is 22.3. The molecule has 3 heterocycles. The fraction of sp³-hybridized carbons (Fsp3) is 0.556. The molecule has 6 rings (SSSR count). The first-order valence-corrected chi connectivity index (χ1v) is 12.9. The van der Waals surface area contributed by atoms with Crippen LogP contribution in [-0.2, 0) is 19.1 Å². The van der Waals surface area contributed by atoms with Crippen molar-refractivity contribution in [3.8, 4) is 5.69 Å². The normalized spacial score (nSPS) is 26.5. The number of carbonyl (C=O) groups is 3. The number of aromatic nitrogens is 2. The van der Waals surface area contributed by atoms with Crippen molar-refractivity contribution >= 4 is 23.5 Å². The maximum Gasteiger partial charge on any atom is 0.307 e. The number of carbonyl (C=O) groups excluding carboxylic acids is 3. The van der Waals surface area contributed by atoms with Crippen molar-refractivity contribution in [1.82, 2.24) is 14.7 Å². The number of ether oxygens (including phenoxy) is 1. The molecule has 35 heavy (non-hydrogen) atoms. The SMILES string of the molecule is O=C1C[C@@H](C(=O)N2CCC3(CC2)C[C@H]3C(=O)Nc2ccc(-n3cccn3)cc2)C2(CCCCC2)O1. The van der Waals surface area contributed by atoms with Crippen LogP contribution in [0.4, 0.5) is 5.69 Å². The lowest BCUT2D eigenvalue weighted by Crippen LogP contribution is -2.49. The molecule has 2 aliphatic heterocycles. The molecule has 184 valence electrons. The Labute approximate surface area is 205 Å². The zero-order chi connectivity index (χ0) is 24.0. The van der Waals surface area contributed by atoms with Crippen molar-refractivity contribution in [3.05, 3.63) is 42.7 Å². The second-order valence-corrected chi connectivity index (χ2v) is 10.8. The second-order valence-electron chi connectivity index (χ2n) is 10.8. The first-order chi connectivity index (χ1) is 17.0. The molecule has 2 amide bonds. The van der Waals surface area contributed by atoms with Crippen molar-refractivity contribution in [2.45, 2.75) is 63.4 Å². The van der Waals surface area contributed by atoms with Crippen LogP contribution in [0.1, 0.15) is 57.8 Å². The molecule has 1 N–H and O–H groups in total. The minimum Gasteiger partial charge on any atom is -0.458 e. The summed E-state index contributed by atoms with van der Waals surface area (Å²) in [6.45, 7) is 1.31. The third kappa shape index (κ3) is 4.02. The standard InChI is InChI=1S/C27H32N4O4/c32-23-17-21(27(35-23)9-2-1-3-10-27)25(34)30-15-11-26(12-16-30)18-22(26)24(33)29-19-5-7-20(8-6-19)31-14-4-13-28-31/h4-8,13-14,21-22H,1-3,9-12,15-18H2,(H,29,33)/t21-,22-/m0/s1. The third-order valence-electron chi connectivity index (χ3n) is 8.80. The lowest BCUT2D eigenvalue weighted by molar-refractivity contribution is -0.156. The number of esters is 1. The van der Waals surface area contributed by atoms with Gasteiger partial charge in [-0.3, -0.25) is 14.4 Å². The quantitative estimate of drug-likeness (QED) is 0.679. The van der Waals surface area contributed by atoms with Gasteiger partial charge in [0.2, 0.25) is 11.8 Å². The van der Waals surface area contributed by atoms with E-state index in [-0.39, 0.29) is 41.5 Å². The van der Waals surface area contributed by atoms with Crippen LogP contribution in [-0.4, -0.2) is 51.2 Å². The van der Waals surface area contributed by atoms with Crippen LogP contribution in [0, 0.1) is 17.3 Å². The molecule has 1 aromatic carbocycles. The minimum absolute atomic E-state index is 0.000382. The summed E-state index contributed by atoms with van der Waals surface area (Å²) in [6, 6.07) is 9.54. The molecule has 0 unspecified atom stereocenters. The molecule has 2 atom stereocenters. The van der Waals surface area contributed by atoms with E-state index in [1.165, 1.54) is 0 Å². The van der Waals surface area contributed by atoms with Gasteiger partial charge in [0, 0.05) is 37.1 Å². The van der Waals surface area contributed by atoms with Gasteiger partial charge >= 0.3 is 5.97 Å². The molecule has 0 bridgehead atoms. The van der Waals surface area contributed by atoms with Crippen molar-refractivity contribution < 1.29 is 19.1 Å². The predicted molar refractivity (Wildman–Crippen MR) is 129 cm³/mol. The molecule has 2 aromatic rings. The maximum atomic E-state index is 13.4. The second kappa shape index (κ2) is 8.50. The number of nitrogens with one attached hydrogen (secondary N) is 1. The van der Waals surface area contributed by atoms with Crippen molar-refractivity contribution in [3.63, 3.8) is 0 Å². The summed E-state index contributed by atoms with van der Waals surface area (Å²) in [4.78, 5) is 40.4. The summed E-state index contributed by atoms with van der Waals surface area (Å²) < 4.78 is 7.53. The lowest BCUT2D eigenvalue weighted by atomic mass is 9.75. The number of benzene rings is 1. The van der Waals surface area contributed by atoms with Gasteiger partial charge in [-0.25, -0.2) is 4.68 Å². The highest BCUT2D eigenvalue weighted by Crippen LogP contribution is 2.60. The van der Waals surface area contributed by atoms with Crippen molar-refractivity contribution in [2.75, 3.05) is 18.4 Å². The fourth-order valence-electron chi connectivity index (χ4n) is 6.62. The molecule has 2 saturated carbocycles. The van der Waals surface area contributed by atoms with Gasteiger partial charge in [-0.1, -0.05) is 6.42 Å². The van der Waals surface area contributed by atoms with E-state index in [0.717, 1.165) is 62.7 Å². The van der Waals surface area contributed by atoms with E-state index in [1.54, 1.807) is 10.9 Å². The van der Waals surface area contributed by atoms with Gasteiger partial charge in [-0.05, 0) is 80.7 Å². The van der Waals surface area contributed by atoms with E-state index in [2.05, 4.69) is 10.4 Å². The van der Waals surface area contributed by atoms with Gasteiger partial charge in [0.25, 0.3) is 0 Å². The number of amides is 2.